The minimum absolute atomic E-state index is 0.285. The fourth-order valence-electron chi connectivity index (χ4n) is 2.96. The van der Waals surface area contributed by atoms with Crippen molar-refractivity contribution in [2.24, 2.45) is 0 Å². The molecule has 0 bridgehead atoms. The van der Waals surface area contributed by atoms with Crippen LogP contribution in [-0.2, 0) is 6.54 Å². The van der Waals surface area contributed by atoms with E-state index in [-0.39, 0.29) is 6.79 Å². The summed E-state index contributed by atoms with van der Waals surface area (Å²) in [6.07, 6.45) is 0. The lowest BCUT2D eigenvalue weighted by atomic mass is 10.2. The molecular weight excluding hydrogens is 346 g/mol. The number of rotatable bonds is 4. The highest BCUT2D eigenvalue weighted by molar-refractivity contribution is 7.13. The number of aromatic nitrogens is 2. The van der Waals surface area contributed by atoms with Crippen molar-refractivity contribution < 1.29 is 9.47 Å². The molecule has 0 saturated carbocycles. The Labute approximate surface area is 154 Å². The standard InChI is InChI=1S/C20H15N3O2S/c1-2-5-15-14(4-1)19(23-20(22-15)18-6-3-9-26-18)21-11-13-7-8-16-17(10-13)25-12-24-16/h1-10H,11-12H2,(H,21,22,23). The number of nitrogens with one attached hydrogen (secondary N) is 1. The predicted molar refractivity (Wildman–Crippen MR) is 103 cm³/mol. The highest BCUT2D eigenvalue weighted by atomic mass is 32.1. The lowest BCUT2D eigenvalue weighted by Crippen LogP contribution is -2.04. The summed E-state index contributed by atoms with van der Waals surface area (Å²) in [7, 11) is 0. The average molecular weight is 361 g/mol. The molecule has 0 spiro atoms. The topological polar surface area (TPSA) is 56.3 Å². The normalized spacial score (nSPS) is 12.5. The van der Waals surface area contributed by atoms with Crippen LogP contribution in [0.3, 0.4) is 0 Å². The van der Waals surface area contributed by atoms with Crippen molar-refractivity contribution in [3.05, 3.63) is 65.5 Å². The number of fused-ring (bicyclic) bond motifs is 2. The van der Waals surface area contributed by atoms with Gasteiger partial charge in [-0.3, -0.25) is 0 Å². The Morgan fingerprint density at radius 2 is 1.88 bits per heavy atom. The molecule has 4 aromatic rings. The molecule has 3 heterocycles. The van der Waals surface area contributed by atoms with Gasteiger partial charge in [0.2, 0.25) is 6.79 Å². The zero-order chi connectivity index (χ0) is 17.3. The SMILES string of the molecule is c1csc(-c2nc(NCc3ccc4c(c3)OCO4)c3ccccc3n2)c1. The maximum absolute atomic E-state index is 5.46. The Bertz CT molecular complexity index is 1080. The van der Waals surface area contributed by atoms with Gasteiger partial charge >= 0.3 is 0 Å². The van der Waals surface area contributed by atoms with E-state index in [1.54, 1.807) is 11.3 Å². The van der Waals surface area contributed by atoms with Crippen LogP contribution in [0.5, 0.6) is 11.5 Å². The first-order chi connectivity index (χ1) is 12.9. The number of hydrogen-bond acceptors (Lipinski definition) is 6. The largest absolute Gasteiger partial charge is 0.454 e. The fraction of sp³-hybridized carbons (Fsp3) is 0.100. The van der Waals surface area contributed by atoms with Crippen molar-refractivity contribution >= 4 is 28.1 Å². The maximum Gasteiger partial charge on any atom is 0.231 e. The third-order valence-corrected chi connectivity index (χ3v) is 5.11. The Balaban J connectivity index is 1.49. The zero-order valence-electron chi connectivity index (χ0n) is 13.8. The average Bonchev–Trinajstić information content (AvgIpc) is 3.37. The van der Waals surface area contributed by atoms with E-state index in [1.807, 2.05) is 60.0 Å². The van der Waals surface area contributed by atoms with Crippen molar-refractivity contribution in [3.8, 4) is 22.2 Å². The first-order valence-electron chi connectivity index (χ1n) is 8.30. The van der Waals surface area contributed by atoms with Gasteiger partial charge in [0.05, 0.1) is 10.4 Å². The zero-order valence-corrected chi connectivity index (χ0v) is 14.6. The first-order valence-corrected chi connectivity index (χ1v) is 9.18. The van der Waals surface area contributed by atoms with Gasteiger partial charge < -0.3 is 14.8 Å². The van der Waals surface area contributed by atoms with E-state index < -0.39 is 0 Å². The summed E-state index contributed by atoms with van der Waals surface area (Å²) in [5, 5.41) is 6.50. The van der Waals surface area contributed by atoms with E-state index in [0.29, 0.717) is 6.54 Å². The van der Waals surface area contributed by atoms with Crippen LogP contribution in [0.25, 0.3) is 21.6 Å². The number of thiophene rings is 1. The number of nitrogens with zero attached hydrogens (tertiary/aromatic N) is 2. The second kappa shape index (κ2) is 6.31. The third-order valence-electron chi connectivity index (χ3n) is 4.24. The van der Waals surface area contributed by atoms with Crippen molar-refractivity contribution in [1.82, 2.24) is 9.97 Å². The maximum atomic E-state index is 5.46. The van der Waals surface area contributed by atoms with Crippen molar-refractivity contribution in [3.63, 3.8) is 0 Å². The number of anilines is 1. The van der Waals surface area contributed by atoms with Crippen LogP contribution in [0.2, 0.25) is 0 Å². The molecule has 6 heteroatoms. The molecule has 0 fully saturated rings. The molecule has 0 radical (unpaired) electrons. The quantitative estimate of drug-likeness (QED) is 0.571. The van der Waals surface area contributed by atoms with Crippen LogP contribution in [0, 0.1) is 0 Å². The highest BCUT2D eigenvalue weighted by Crippen LogP contribution is 2.33. The molecule has 0 saturated heterocycles. The van der Waals surface area contributed by atoms with Crippen LogP contribution in [-0.4, -0.2) is 16.8 Å². The molecule has 128 valence electrons. The summed E-state index contributed by atoms with van der Waals surface area (Å²) in [6.45, 7) is 0.925. The van der Waals surface area contributed by atoms with Crippen LogP contribution in [0.15, 0.2) is 60.0 Å². The van der Waals surface area contributed by atoms with E-state index in [0.717, 1.165) is 44.5 Å². The number of para-hydroxylation sites is 1. The molecule has 1 N–H and O–H groups in total. The van der Waals surface area contributed by atoms with E-state index in [4.69, 9.17) is 19.4 Å². The molecule has 2 aromatic carbocycles. The summed E-state index contributed by atoms with van der Waals surface area (Å²) in [4.78, 5) is 10.5. The highest BCUT2D eigenvalue weighted by Gasteiger charge is 2.14. The van der Waals surface area contributed by atoms with Crippen LogP contribution < -0.4 is 14.8 Å². The Hall–Kier alpha value is -3.12. The van der Waals surface area contributed by atoms with Crippen LogP contribution >= 0.6 is 11.3 Å². The van der Waals surface area contributed by atoms with Gasteiger partial charge in [-0.15, -0.1) is 11.3 Å². The Kier molecular flexibility index (Phi) is 3.68. The first kappa shape index (κ1) is 15.2. The van der Waals surface area contributed by atoms with Crippen LogP contribution in [0.1, 0.15) is 5.56 Å². The molecule has 5 rings (SSSR count). The monoisotopic (exact) mass is 361 g/mol. The van der Waals surface area contributed by atoms with Gasteiger partial charge in [-0.25, -0.2) is 9.97 Å². The molecule has 2 aromatic heterocycles. The number of hydrogen-bond donors (Lipinski definition) is 1. The molecule has 1 aliphatic heterocycles. The summed E-state index contributed by atoms with van der Waals surface area (Å²) < 4.78 is 10.8. The third kappa shape index (κ3) is 2.74. The minimum atomic E-state index is 0.285. The lowest BCUT2D eigenvalue weighted by molar-refractivity contribution is 0.174. The van der Waals surface area contributed by atoms with Gasteiger partial charge in [0, 0.05) is 11.9 Å². The van der Waals surface area contributed by atoms with Gasteiger partial charge in [0.25, 0.3) is 0 Å². The van der Waals surface area contributed by atoms with Gasteiger partial charge in [0.15, 0.2) is 17.3 Å². The molecule has 5 nitrogen and oxygen atoms in total. The van der Waals surface area contributed by atoms with Crippen molar-refractivity contribution in [1.29, 1.82) is 0 Å². The second-order valence-electron chi connectivity index (χ2n) is 5.93. The Morgan fingerprint density at radius 3 is 2.81 bits per heavy atom. The molecule has 26 heavy (non-hydrogen) atoms. The van der Waals surface area contributed by atoms with Gasteiger partial charge in [-0.2, -0.15) is 0 Å². The molecule has 0 aliphatic carbocycles. The second-order valence-corrected chi connectivity index (χ2v) is 6.88. The van der Waals surface area contributed by atoms with Crippen molar-refractivity contribution in [2.75, 3.05) is 12.1 Å². The molecular formula is C20H15N3O2S. The lowest BCUT2D eigenvalue weighted by Gasteiger charge is -2.11. The molecule has 0 atom stereocenters. The summed E-state index contributed by atoms with van der Waals surface area (Å²) in [5.41, 5.74) is 2.04. The van der Waals surface area contributed by atoms with E-state index >= 15 is 0 Å². The predicted octanol–water partition coefficient (Wildman–Crippen LogP) is 4.70. The van der Waals surface area contributed by atoms with Crippen molar-refractivity contribution in [2.45, 2.75) is 6.54 Å². The molecule has 0 amide bonds. The summed E-state index contributed by atoms with van der Waals surface area (Å²) in [6, 6.07) is 18.1. The van der Waals surface area contributed by atoms with E-state index in [9.17, 15) is 0 Å². The smallest absolute Gasteiger partial charge is 0.231 e. The molecule has 0 unspecified atom stereocenters. The number of benzene rings is 2. The Morgan fingerprint density at radius 1 is 0.962 bits per heavy atom. The van der Waals surface area contributed by atoms with E-state index in [2.05, 4.69) is 5.32 Å². The van der Waals surface area contributed by atoms with Gasteiger partial charge in [-0.1, -0.05) is 24.3 Å². The molecule has 1 aliphatic rings. The summed E-state index contributed by atoms with van der Waals surface area (Å²) >= 11 is 1.64. The summed E-state index contributed by atoms with van der Waals surface area (Å²) in [5.74, 6) is 3.15. The van der Waals surface area contributed by atoms with Gasteiger partial charge in [0.1, 0.15) is 5.82 Å². The van der Waals surface area contributed by atoms with Gasteiger partial charge in [-0.05, 0) is 41.3 Å². The van der Waals surface area contributed by atoms with E-state index in [1.165, 1.54) is 0 Å². The van der Waals surface area contributed by atoms with Crippen LogP contribution in [0.4, 0.5) is 5.82 Å². The number of ether oxygens (including phenoxy) is 2. The fourth-order valence-corrected chi connectivity index (χ4v) is 3.62. The minimum Gasteiger partial charge on any atom is -0.454 e.